The predicted octanol–water partition coefficient (Wildman–Crippen LogP) is 4.42. The fraction of sp³-hybridized carbons (Fsp3) is 0.407. The number of fused-ring (bicyclic) bond motifs is 1. The Hall–Kier alpha value is -2.61. The van der Waals surface area contributed by atoms with Gasteiger partial charge in [-0.15, -0.1) is 0 Å². The number of aromatic nitrogens is 1. The monoisotopic (exact) mass is 515 g/mol. The van der Waals surface area contributed by atoms with Gasteiger partial charge in [0.25, 0.3) is 7.82 Å². The minimum absolute atomic E-state index is 0. The lowest BCUT2D eigenvalue weighted by atomic mass is 9.93. The molecule has 0 fully saturated rings. The molecule has 0 saturated heterocycles. The zero-order valence-corrected chi connectivity index (χ0v) is 21.0. The number of benzene rings is 2. The number of hydrogen-bond donors (Lipinski definition) is 2. The van der Waals surface area contributed by atoms with Crippen LogP contribution in [-0.4, -0.2) is 41.9 Å². The molecular weight excluding hydrogens is 479 g/mol. The van der Waals surface area contributed by atoms with E-state index in [1.807, 2.05) is 48.5 Å². The van der Waals surface area contributed by atoms with Crippen LogP contribution in [0.15, 0.2) is 54.7 Å². The molecule has 0 bridgehead atoms. The van der Waals surface area contributed by atoms with Crippen molar-refractivity contribution >= 4 is 24.6 Å². The van der Waals surface area contributed by atoms with Gasteiger partial charge in [0.15, 0.2) is 0 Å². The minimum Gasteiger partial charge on any atom is -0.756 e. The first-order chi connectivity index (χ1) is 16.8. The Morgan fingerprint density at radius 1 is 1.11 bits per heavy atom. The van der Waals surface area contributed by atoms with Crippen LogP contribution < -0.4 is 10.2 Å². The molecule has 1 heterocycles. The van der Waals surface area contributed by atoms with Crippen molar-refractivity contribution in [2.75, 3.05) is 19.8 Å². The lowest BCUT2D eigenvalue weighted by molar-refractivity contribution is -0.228. The molecule has 0 radical (unpaired) electrons. The van der Waals surface area contributed by atoms with Crippen LogP contribution in [0.25, 0.3) is 22.0 Å². The number of aliphatic hydroxyl groups excluding tert-OH is 1. The number of para-hydroxylation sites is 1. The number of hydrogen-bond acceptors (Lipinski definition) is 7. The molecule has 0 aliphatic heterocycles. The smallest absolute Gasteiger partial charge is 0.268 e. The van der Waals surface area contributed by atoms with E-state index in [1.54, 1.807) is 20.0 Å². The Morgan fingerprint density at radius 3 is 2.56 bits per heavy atom. The number of carbonyl (C=O) groups excluding carboxylic acids is 1. The first-order valence-corrected chi connectivity index (χ1v) is 13.2. The summed E-state index contributed by atoms with van der Waals surface area (Å²) in [4.78, 5) is 28.9. The SMILES string of the molecule is C.CC(C)OP(=O)([O-])OCCCCNC(=O)Cc1cnc2c(CCO)cccc2c1-c1ccccc1. The number of phosphoric acid groups is 1. The zero-order valence-electron chi connectivity index (χ0n) is 20.1. The van der Waals surface area contributed by atoms with Crippen LogP contribution in [0.3, 0.4) is 0 Å². The maximum absolute atomic E-state index is 12.7. The normalized spacial score (nSPS) is 12.8. The Balaban J connectivity index is 0.00000456. The third-order valence-corrected chi connectivity index (χ3v) is 6.52. The van der Waals surface area contributed by atoms with Gasteiger partial charge in [-0.25, -0.2) is 0 Å². The zero-order chi connectivity index (χ0) is 25.3. The van der Waals surface area contributed by atoms with Crippen LogP contribution in [0, 0.1) is 0 Å². The van der Waals surface area contributed by atoms with Crippen molar-refractivity contribution in [2.45, 2.75) is 53.1 Å². The van der Waals surface area contributed by atoms with Gasteiger partial charge in [0.1, 0.15) is 0 Å². The van der Waals surface area contributed by atoms with Gasteiger partial charge in [0.2, 0.25) is 5.91 Å². The number of unbranched alkanes of at least 4 members (excludes halogenated alkanes) is 1. The molecule has 2 aromatic carbocycles. The Labute approximate surface area is 213 Å². The summed E-state index contributed by atoms with van der Waals surface area (Å²) < 4.78 is 21.1. The molecular formula is C27H36N2O6P-. The van der Waals surface area contributed by atoms with Crippen molar-refractivity contribution in [3.8, 4) is 11.1 Å². The number of aliphatic hydroxyl groups is 1. The van der Waals surface area contributed by atoms with Crippen LogP contribution in [-0.2, 0) is 31.2 Å². The van der Waals surface area contributed by atoms with Crippen LogP contribution in [0.1, 0.15) is 45.2 Å². The molecule has 196 valence electrons. The number of nitrogens with one attached hydrogen (secondary N) is 1. The summed E-state index contributed by atoms with van der Waals surface area (Å²) in [6, 6.07) is 15.8. The Morgan fingerprint density at radius 2 is 1.86 bits per heavy atom. The number of pyridine rings is 1. The van der Waals surface area contributed by atoms with Gasteiger partial charge < -0.3 is 24.4 Å². The molecule has 2 N–H and O–H groups in total. The van der Waals surface area contributed by atoms with Gasteiger partial charge in [-0.05, 0) is 55.4 Å². The number of carbonyl (C=O) groups is 1. The Kier molecular flexibility index (Phi) is 11.7. The van der Waals surface area contributed by atoms with Crippen LogP contribution in [0.4, 0.5) is 0 Å². The van der Waals surface area contributed by atoms with Gasteiger partial charge >= 0.3 is 0 Å². The van der Waals surface area contributed by atoms with E-state index in [-0.39, 0.29) is 33.0 Å². The second-order valence-corrected chi connectivity index (χ2v) is 9.84. The largest absolute Gasteiger partial charge is 0.756 e. The molecule has 1 amide bonds. The van der Waals surface area contributed by atoms with Crippen molar-refractivity contribution in [3.05, 3.63) is 65.9 Å². The molecule has 1 atom stereocenters. The highest BCUT2D eigenvalue weighted by Crippen LogP contribution is 2.39. The van der Waals surface area contributed by atoms with E-state index in [1.165, 1.54) is 0 Å². The van der Waals surface area contributed by atoms with Crippen molar-refractivity contribution in [2.24, 2.45) is 0 Å². The molecule has 0 aliphatic carbocycles. The van der Waals surface area contributed by atoms with E-state index in [2.05, 4.69) is 10.3 Å². The first kappa shape index (κ1) is 29.6. The highest BCUT2D eigenvalue weighted by Gasteiger charge is 2.16. The number of rotatable bonds is 13. The van der Waals surface area contributed by atoms with E-state index in [9.17, 15) is 19.4 Å². The molecule has 0 saturated carbocycles. The van der Waals surface area contributed by atoms with E-state index in [0.717, 1.165) is 33.2 Å². The molecule has 1 aromatic heterocycles. The maximum atomic E-state index is 12.7. The molecule has 0 aliphatic rings. The van der Waals surface area contributed by atoms with E-state index in [4.69, 9.17) is 9.05 Å². The summed E-state index contributed by atoms with van der Waals surface area (Å²) in [6.07, 6.45) is 2.97. The average Bonchev–Trinajstić information content (AvgIpc) is 2.81. The van der Waals surface area contributed by atoms with Crippen molar-refractivity contribution in [1.29, 1.82) is 0 Å². The van der Waals surface area contributed by atoms with Gasteiger partial charge in [-0.3, -0.25) is 14.3 Å². The van der Waals surface area contributed by atoms with Crippen LogP contribution in [0.5, 0.6) is 0 Å². The van der Waals surface area contributed by atoms with E-state index < -0.39 is 13.9 Å². The second-order valence-electron chi connectivity index (χ2n) is 8.48. The summed E-state index contributed by atoms with van der Waals surface area (Å²) in [5.74, 6) is -0.145. The molecule has 0 spiro atoms. The topological polar surface area (TPSA) is 121 Å². The van der Waals surface area contributed by atoms with Crippen LogP contribution in [0.2, 0.25) is 0 Å². The third-order valence-electron chi connectivity index (χ3n) is 5.34. The molecule has 8 nitrogen and oxygen atoms in total. The highest BCUT2D eigenvalue weighted by atomic mass is 31.2. The standard InChI is InChI=1S/C26H33N2O6P.CH4/c1-19(2)34-35(31,32)33-16-7-6-14-27-24(30)17-22-18-28-26-21(13-15-29)11-8-12-23(26)25(22)20-9-4-3-5-10-20;/h3-5,8-12,18-19,29H,6-7,13-17H2,1-2H3,(H,27,30)(H,31,32);1H4/p-1. The third kappa shape index (κ3) is 8.50. The number of nitrogens with zero attached hydrogens (tertiary/aromatic N) is 1. The molecule has 3 rings (SSSR count). The first-order valence-electron chi connectivity index (χ1n) is 11.8. The van der Waals surface area contributed by atoms with Crippen molar-refractivity contribution < 1.29 is 28.4 Å². The van der Waals surface area contributed by atoms with Gasteiger partial charge in [-0.1, -0.05) is 56.0 Å². The van der Waals surface area contributed by atoms with E-state index >= 15 is 0 Å². The average molecular weight is 516 g/mol. The fourth-order valence-electron chi connectivity index (χ4n) is 3.88. The summed E-state index contributed by atoms with van der Waals surface area (Å²) in [7, 11) is -4.28. The van der Waals surface area contributed by atoms with Crippen molar-refractivity contribution in [1.82, 2.24) is 10.3 Å². The predicted molar refractivity (Wildman–Crippen MR) is 140 cm³/mol. The fourth-order valence-corrected chi connectivity index (χ4v) is 4.81. The van der Waals surface area contributed by atoms with Gasteiger partial charge in [-0.2, -0.15) is 0 Å². The van der Waals surface area contributed by atoms with Gasteiger partial charge in [0, 0.05) is 24.7 Å². The summed E-state index contributed by atoms with van der Waals surface area (Å²) in [6.45, 7) is 3.68. The summed E-state index contributed by atoms with van der Waals surface area (Å²) in [5.41, 5.74) is 4.54. The molecule has 36 heavy (non-hydrogen) atoms. The highest BCUT2D eigenvalue weighted by molar-refractivity contribution is 7.45. The lowest BCUT2D eigenvalue weighted by Gasteiger charge is -2.24. The minimum atomic E-state index is -4.28. The molecule has 1 unspecified atom stereocenters. The summed E-state index contributed by atoms with van der Waals surface area (Å²) in [5, 5.41) is 13.3. The van der Waals surface area contributed by atoms with E-state index in [0.29, 0.717) is 25.8 Å². The quantitative estimate of drug-likeness (QED) is 0.255. The Bertz CT molecular complexity index is 1170. The second kappa shape index (κ2) is 14.2. The van der Waals surface area contributed by atoms with Gasteiger partial charge in [0.05, 0.1) is 24.6 Å². The number of phosphoric ester groups is 1. The maximum Gasteiger partial charge on any atom is 0.268 e. The molecule has 9 heteroatoms. The van der Waals surface area contributed by atoms with Crippen molar-refractivity contribution in [3.63, 3.8) is 0 Å². The number of amides is 1. The molecule has 3 aromatic rings. The lowest BCUT2D eigenvalue weighted by Crippen LogP contribution is -2.26. The summed E-state index contributed by atoms with van der Waals surface area (Å²) >= 11 is 0. The van der Waals surface area contributed by atoms with Crippen LogP contribution >= 0.6 is 7.82 Å².